The van der Waals surface area contributed by atoms with Crippen LogP contribution in [0.1, 0.15) is 23.2 Å². The van der Waals surface area contributed by atoms with Crippen LogP contribution in [0.15, 0.2) is 65.5 Å². The Morgan fingerprint density at radius 3 is 2.30 bits per heavy atom. The van der Waals surface area contributed by atoms with Crippen molar-refractivity contribution in [1.29, 1.82) is 0 Å². The van der Waals surface area contributed by atoms with Crippen molar-refractivity contribution in [3.8, 4) is 5.69 Å². The minimum absolute atomic E-state index is 0.0930. The van der Waals surface area contributed by atoms with E-state index in [2.05, 4.69) is 5.32 Å². The van der Waals surface area contributed by atoms with Gasteiger partial charge in [0, 0.05) is 30.1 Å². The number of carbonyl (C=O) groups is 1. The smallest absolute Gasteiger partial charge is 0.255 e. The number of fused-ring (bicyclic) bond motifs is 1. The van der Waals surface area contributed by atoms with Crippen LogP contribution in [0.3, 0.4) is 0 Å². The number of aryl methyl sites for hydroxylation is 3. The van der Waals surface area contributed by atoms with Gasteiger partial charge in [0.15, 0.2) is 0 Å². The number of amides is 1. The summed E-state index contributed by atoms with van der Waals surface area (Å²) in [6.45, 7) is 3.89. The van der Waals surface area contributed by atoms with Gasteiger partial charge in [-0.1, -0.05) is 36.4 Å². The van der Waals surface area contributed by atoms with Gasteiger partial charge >= 0.3 is 0 Å². The van der Waals surface area contributed by atoms with E-state index in [4.69, 9.17) is 5.10 Å². The fraction of sp³-hybridized carbons (Fsp3) is 0.208. The third-order valence-electron chi connectivity index (χ3n) is 5.40. The van der Waals surface area contributed by atoms with Crippen molar-refractivity contribution in [1.82, 2.24) is 14.3 Å². The molecular weight excluding hydrogens is 376 g/mol. The molecule has 2 aromatic carbocycles. The summed E-state index contributed by atoms with van der Waals surface area (Å²) in [6, 6.07) is 19.1. The van der Waals surface area contributed by atoms with Crippen molar-refractivity contribution in [3.63, 3.8) is 0 Å². The lowest BCUT2D eigenvalue weighted by atomic mass is 10.0. The number of rotatable bonds is 5. The maximum atomic E-state index is 13.2. The van der Waals surface area contributed by atoms with Crippen LogP contribution in [0.25, 0.3) is 16.7 Å². The van der Waals surface area contributed by atoms with Crippen molar-refractivity contribution in [2.75, 3.05) is 5.32 Å². The predicted octanol–water partition coefficient (Wildman–Crippen LogP) is 3.91. The number of anilines is 1. The number of hydrogen-bond acceptors (Lipinski definition) is 3. The lowest BCUT2D eigenvalue weighted by Gasteiger charge is -2.13. The summed E-state index contributed by atoms with van der Waals surface area (Å²) in [5.41, 5.74) is 4.73. The summed E-state index contributed by atoms with van der Waals surface area (Å²) in [7, 11) is 1.76. The van der Waals surface area contributed by atoms with Crippen molar-refractivity contribution in [2.45, 2.75) is 26.7 Å². The largest absolute Gasteiger partial charge is 0.326 e. The van der Waals surface area contributed by atoms with Crippen LogP contribution in [-0.2, 0) is 18.3 Å². The lowest BCUT2D eigenvalue weighted by Crippen LogP contribution is -2.25. The molecule has 152 valence electrons. The van der Waals surface area contributed by atoms with Gasteiger partial charge in [-0.15, -0.1) is 0 Å². The van der Waals surface area contributed by atoms with Crippen LogP contribution < -0.4 is 10.9 Å². The zero-order valence-electron chi connectivity index (χ0n) is 17.3. The SMILES string of the molecule is Cc1nn(-c2ccccc2)c2c1c(C)c(CCC(=O)Nc1ccccc1)c(=O)n2C. The van der Waals surface area contributed by atoms with E-state index in [-0.39, 0.29) is 17.9 Å². The second kappa shape index (κ2) is 7.99. The number of para-hydroxylation sites is 2. The molecule has 0 radical (unpaired) electrons. The zero-order chi connectivity index (χ0) is 21.3. The first-order chi connectivity index (χ1) is 14.5. The molecule has 0 aliphatic carbocycles. The fourth-order valence-electron chi connectivity index (χ4n) is 3.90. The summed E-state index contributed by atoms with van der Waals surface area (Å²) in [6.07, 6.45) is 0.616. The summed E-state index contributed by atoms with van der Waals surface area (Å²) in [5, 5.41) is 8.53. The van der Waals surface area contributed by atoms with E-state index in [9.17, 15) is 9.59 Å². The Bertz CT molecular complexity index is 1270. The Morgan fingerprint density at radius 2 is 1.63 bits per heavy atom. The molecule has 1 N–H and O–H groups in total. The van der Waals surface area contributed by atoms with E-state index < -0.39 is 0 Å². The van der Waals surface area contributed by atoms with Gasteiger partial charge in [0.25, 0.3) is 5.56 Å². The average Bonchev–Trinajstić information content (AvgIpc) is 3.11. The molecule has 4 rings (SSSR count). The van der Waals surface area contributed by atoms with E-state index in [1.54, 1.807) is 11.6 Å². The Labute approximate surface area is 174 Å². The molecule has 6 nitrogen and oxygen atoms in total. The highest BCUT2D eigenvalue weighted by Gasteiger charge is 2.20. The molecule has 0 aliphatic rings. The minimum atomic E-state index is -0.112. The molecule has 0 aliphatic heterocycles. The monoisotopic (exact) mass is 400 g/mol. The van der Waals surface area contributed by atoms with Gasteiger partial charge in [-0.25, -0.2) is 4.68 Å². The number of carbonyl (C=O) groups excluding carboxylic acids is 1. The average molecular weight is 400 g/mol. The maximum absolute atomic E-state index is 13.2. The summed E-state index contributed by atoms with van der Waals surface area (Å²) >= 11 is 0. The molecule has 0 unspecified atom stereocenters. The Kier molecular flexibility index (Phi) is 5.23. The number of aromatic nitrogens is 3. The van der Waals surface area contributed by atoms with Gasteiger partial charge in [0.2, 0.25) is 5.91 Å². The van der Waals surface area contributed by atoms with Crippen LogP contribution in [0, 0.1) is 13.8 Å². The van der Waals surface area contributed by atoms with Crippen LogP contribution in [-0.4, -0.2) is 20.3 Å². The molecule has 0 fully saturated rings. The highest BCUT2D eigenvalue weighted by Crippen LogP contribution is 2.25. The standard InChI is InChI=1S/C24H24N4O2/c1-16-20(14-15-21(29)25-18-10-6-4-7-11-18)24(30)27(3)23-22(16)17(2)26-28(23)19-12-8-5-9-13-19/h4-13H,14-15H2,1-3H3,(H,25,29). The number of pyridine rings is 1. The first-order valence-electron chi connectivity index (χ1n) is 9.95. The number of nitrogens with zero attached hydrogens (tertiary/aromatic N) is 3. The van der Waals surface area contributed by atoms with E-state index in [0.717, 1.165) is 33.7 Å². The highest BCUT2D eigenvalue weighted by molar-refractivity contribution is 5.91. The molecule has 4 aromatic rings. The normalized spacial score (nSPS) is 11.0. The van der Waals surface area contributed by atoms with Crippen molar-refractivity contribution in [3.05, 3.63) is 87.8 Å². The van der Waals surface area contributed by atoms with Gasteiger partial charge in [0.05, 0.1) is 11.4 Å². The number of hydrogen-bond donors (Lipinski definition) is 1. The van der Waals surface area contributed by atoms with Crippen molar-refractivity contribution < 1.29 is 4.79 Å². The molecule has 0 atom stereocenters. The third-order valence-corrected chi connectivity index (χ3v) is 5.40. The Morgan fingerprint density at radius 1 is 1.00 bits per heavy atom. The van der Waals surface area contributed by atoms with Crippen LogP contribution in [0.5, 0.6) is 0 Å². The molecule has 2 heterocycles. The second-order valence-electron chi connectivity index (χ2n) is 7.41. The van der Waals surface area contributed by atoms with Crippen molar-refractivity contribution in [2.24, 2.45) is 7.05 Å². The Hall–Kier alpha value is -3.67. The second-order valence-corrected chi connectivity index (χ2v) is 7.41. The summed E-state index contributed by atoms with van der Waals surface area (Å²) in [4.78, 5) is 25.5. The molecule has 0 saturated carbocycles. The van der Waals surface area contributed by atoms with Gasteiger partial charge < -0.3 is 5.32 Å². The van der Waals surface area contributed by atoms with Crippen LogP contribution in [0.2, 0.25) is 0 Å². The van der Waals surface area contributed by atoms with Crippen LogP contribution >= 0.6 is 0 Å². The topological polar surface area (TPSA) is 68.9 Å². The minimum Gasteiger partial charge on any atom is -0.326 e. The van der Waals surface area contributed by atoms with Gasteiger partial charge in [-0.05, 0) is 50.1 Å². The maximum Gasteiger partial charge on any atom is 0.255 e. The molecule has 0 bridgehead atoms. The molecule has 0 spiro atoms. The van der Waals surface area contributed by atoms with E-state index in [1.165, 1.54) is 0 Å². The highest BCUT2D eigenvalue weighted by atomic mass is 16.1. The van der Waals surface area contributed by atoms with Crippen LogP contribution in [0.4, 0.5) is 5.69 Å². The Balaban J connectivity index is 1.69. The van der Waals surface area contributed by atoms with Gasteiger partial charge in [-0.3, -0.25) is 14.2 Å². The predicted molar refractivity (Wildman–Crippen MR) is 119 cm³/mol. The van der Waals surface area contributed by atoms with Gasteiger partial charge in [0.1, 0.15) is 5.65 Å². The summed E-state index contributed by atoms with van der Waals surface area (Å²) < 4.78 is 3.45. The summed E-state index contributed by atoms with van der Waals surface area (Å²) in [5.74, 6) is -0.112. The first-order valence-corrected chi connectivity index (χ1v) is 9.95. The third kappa shape index (κ3) is 3.52. The lowest BCUT2D eigenvalue weighted by molar-refractivity contribution is -0.116. The molecule has 6 heteroatoms. The first kappa shape index (κ1) is 19.6. The molecule has 30 heavy (non-hydrogen) atoms. The van der Waals surface area contributed by atoms with E-state index >= 15 is 0 Å². The van der Waals surface area contributed by atoms with E-state index in [0.29, 0.717) is 12.0 Å². The molecule has 1 amide bonds. The van der Waals surface area contributed by atoms with Gasteiger partial charge in [-0.2, -0.15) is 5.10 Å². The molecule has 2 aromatic heterocycles. The molecular formula is C24H24N4O2. The molecule has 0 saturated heterocycles. The number of nitrogens with one attached hydrogen (secondary N) is 1. The van der Waals surface area contributed by atoms with Crippen molar-refractivity contribution >= 4 is 22.6 Å². The van der Waals surface area contributed by atoms with E-state index in [1.807, 2.05) is 79.2 Å². The zero-order valence-corrected chi connectivity index (χ0v) is 17.3. The quantitative estimate of drug-likeness (QED) is 0.552. The number of benzene rings is 2. The fourth-order valence-corrected chi connectivity index (χ4v) is 3.90.